The summed E-state index contributed by atoms with van der Waals surface area (Å²) in [7, 11) is -2.05. The van der Waals surface area contributed by atoms with E-state index in [1.807, 2.05) is 0 Å². The quantitative estimate of drug-likeness (QED) is 0.528. The third kappa shape index (κ3) is 5.31. The number of halogens is 3. The minimum atomic E-state index is -3.75. The Hall–Kier alpha value is -2.24. The molecule has 11 heteroatoms. The fourth-order valence-electron chi connectivity index (χ4n) is 5.32. The van der Waals surface area contributed by atoms with Crippen LogP contribution in [-0.4, -0.2) is 70.6 Å². The highest BCUT2D eigenvalue weighted by molar-refractivity contribution is 7.89. The highest BCUT2D eigenvalue weighted by Crippen LogP contribution is 2.44. The van der Waals surface area contributed by atoms with Crippen molar-refractivity contribution in [1.29, 1.82) is 0 Å². The summed E-state index contributed by atoms with van der Waals surface area (Å²) >= 11 is 0. The number of imidazole rings is 1. The number of carbonyl (C=O) groups is 1. The number of Topliss-reactive ketones (excluding diaryl/α,β-unsaturated/α-hetero) is 1. The Labute approximate surface area is 204 Å². The molecule has 0 unspecified atom stereocenters. The van der Waals surface area contributed by atoms with E-state index in [1.165, 1.54) is 22.9 Å². The molecule has 2 aliphatic rings. The Morgan fingerprint density at radius 1 is 1.09 bits per heavy atom. The van der Waals surface area contributed by atoms with Crippen molar-refractivity contribution in [3.63, 3.8) is 0 Å². The molecular weight excluding hydrogens is 481 g/mol. The Balaban J connectivity index is 1.49. The molecule has 0 atom stereocenters. The summed E-state index contributed by atoms with van der Waals surface area (Å²) in [6, 6.07) is 4.47. The van der Waals surface area contributed by atoms with Crippen molar-refractivity contribution in [2.24, 2.45) is 7.05 Å². The zero-order valence-corrected chi connectivity index (χ0v) is 20.8. The van der Waals surface area contributed by atoms with Crippen LogP contribution < -0.4 is 0 Å². The fourth-order valence-corrected chi connectivity index (χ4v) is 6.71. The molecule has 0 N–H and O–H groups in total. The number of ketones is 1. The van der Waals surface area contributed by atoms with Gasteiger partial charge in [0.15, 0.2) is 10.8 Å². The summed E-state index contributed by atoms with van der Waals surface area (Å²) in [5.41, 5.74) is -0.0557. The maximum absolute atomic E-state index is 14.3. The van der Waals surface area contributed by atoms with E-state index in [0.29, 0.717) is 25.1 Å². The second-order valence-electron chi connectivity index (χ2n) is 9.70. The molecule has 0 amide bonds. The topological polar surface area (TPSA) is 75.5 Å². The van der Waals surface area contributed by atoms with Gasteiger partial charge < -0.3 is 4.57 Å². The molecule has 2 heterocycles. The minimum Gasteiger partial charge on any atom is -0.339 e. The zero-order valence-electron chi connectivity index (χ0n) is 20.0. The molecule has 7 nitrogen and oxygen atoms in total. The van der Waals surface area contributed by atoms with Gasteiger partial charge in [-0.05, 0) is 37.8 Å². The maximum atomic E-state index is 14.3. The Kier molecular flexibility index (Phi) is 7.14. The largest absolute Gasteiger partial charge is 0.339 e. The highest BCUT2D eigenvalue weighted by atomic mass is 32.2. The summed E-state index contributed by atoms with van der Waals surface area (Å²) < 4.78 is 71.2. The molecule has 1 aromatic carbocycles. The van der Waals surface area contributed by atoms with Crippen molar-refractivity contribution in [3.8, 4) is 0 Å². The normalized spacial score (nSPS) is 21.2. The van der Waals surface area contributed by atoms with Crippen LogP contribution in [0.4, 0.5) is 13.2 Å². The zero-order chi connectivity index (χ0) is 25.4. The fraction of sp³-hybridized carbons (Fsp3) is 0.583. The van der Waals surface area contributed by atoms with Crippen molar-refractivity contribution in [2.45, 2.75) is 61.9 Å². The number of carbonyl (C=O) groups excluding carboxylic acids is 1. The lowest BCUT2D eigenvalue weighted by Gasteiger charge is -2.50. The van der Waals surface area contributed by atoms with Crippen LogP contribution in [0.25, 0.3) is 0 Å². The first-order valence-electron chi connectivity index (χ1n) is 11.8. The standard InChI is InChI=1S/C24H31F3N4O3S/c1-18-4-3-5-19(25)22(18)20(32)6-7-23(8-10-24(26,27)11-9-23)30-12-14-31(15-13-30)35(33,34)21-16-29(2)17-28-21/h3-5,16-17H,6-15H2,1-2H3. The molecule has 0 bridgehead atoms. The lowest BCUT2D eigenvalue weighted by Crippen LogP contribution is -2.59. The number of piperazine rings is 1. The van der Waals surface area contributed by atoms with Crippen LogP contribution in [0.1, 0.15) is 54.4 Å². The van der Waals surface area contributed by atoms with Crippen molar-refractivity contribution in [1.82, 2.24) is 18.8 Å². The van der Waals surface area contributed by atoms with Crippen LogP contribution in [0, 0.1) is 12.7 Å². The van der Waals surface area contributed by atoms with Crippen LogP contribution in [0.5, 0.6) is 0 Å². The van der Waals surface area contributed by atoms with Gasteiger partial charge in [-0.15, -0.1) is 0 Å². The molecule has 1 aromatic heterocycles. The molecule has 2 fully saturated rings. The first kappa shape index (κ1) is 25.8. The van der Waals surface area contributed by atoms with E-state index < -0.39 is 27.3 Å². The number of alkyl halides is 2. The number of nitrogens with zero attached hydrogens (tertiary/aromatic N) is 4. The molecule has 1 saturated heterocycles. The van der Waals surface area contributed by atoms with Gasteiger partial charge in [-0.1, -0.05) is 12.1 Å². The lowest BCUT2D eigenvalue weighted by atomic mass is 9.74. The van der Waals surface area contributed by atoms with Gasteiger partial charge in [0.05, 0.1) is 11.9 Å². The molecule has 0 spiro atoms. The number of benzene rings is 1. The van der Waals surface area contributed by atoms with E-state index in [-0.39, 0.29) is 61.6 Å². The van der Waals surface area contributed by atoms with Crippen LogP contribution >= 0.6 is 0 Å². The van der Waals surface area contributed by atoms with Crippen molar-refractivity contribution < 1.29 is 26.4 Å². The van der Waals surface area contributed by atoms with Gasteiger partial charge in [0, 0.05) is 64.2 Å². The van der Waals surface area contributed by atoms with E-state index in [2.05, 4.69) is 9.88 Å². The molecule has 1 aliphatic carbocycles. The van der Waals surface area contributed by atoms with Gasteiger partial charge in [-0.2, -0.15) is 4.31 Å². The molecule has 192 valence electrons. The van der Waals surface area contributed by atoms with E-state index in [9.17, 15) is 26.4 Å². The van der Waals surface area contributed by atoms with Crippen LogP contribution in [0.15, 0.2) is 35.7 Å². The molecule has 2 aromatic rings. The average molecular weight is 513 g/mol. The molecule has 1 saturated carbocycles. The monoisotopic (exact) mass is 512 g/mol. The number of aromatic nitrogens is 2. The summed E-state index contributed by atoms with van der Waals surface area (Å²) in [5.74, 6) is -3.67. The first-order chi connectivity index (χ1) is 16.4. The maximum Gasteiger partial charge on any atom is 0.262 e. The van der Waals surface area contributed by atoms with Gasteiger partial charge in [0.1, 0.15) is 5.82 Å². The number of sulfonamides is 1. The predicted molar refractivity (Wildman–Crippen MR) is 124 cm³/mol. The Bertz CT molecular complexity index is 1160. The summed E-state index contributed by atoms with van der Waals surface area (Å²) in [4.78, 5) is 18.9. The number of aryl methyl sites for hydroxylation is 2. The first-order valence-corrected chi connectivity index (χ1v) is 13.3. The summed E-state index contributed by atoms with van der Waals surface area (Å²) in [6.45, 7) is 2.82. The smallest absolute Gasteiger partial charge is 0.262 e. The van der Waals surface area contributed by atoms with E-state index in [4.69, 9.17) is 0 Å². The van der Waals surface area contributed by atoms with Crippen LogP contribution in [0.2, 0.25) is 0 Å². The minimum absolute atomic E-state index is 0.0219. The molecule has 35 heavy (non-hydrogen) atoms. The third-order valence-electron chi connectivity index (χ3n) is 7.43. The molecule has 1 aliphatic heterocycles. The SMILES string of the molecule is Cc1cccc(F)c1C(=O)CCC1(N2CCN(S(=O)(=O)c3cn(C)cn3)CC2)CCC(F)(F)CC1. The van der Waals surface area contributed by atoms with Crippen molar-refractivity contribution in [3.05, 3.63) is 47.7 Å². The Morgan fingerprint density at radius 3 is 2.31 bits per heavy atom. The molecular formula is C24H31F3N4O3S. The van der Waals surface area contributed by atoms with Crippen LogP contribution in [0.3, 0.4) is 0 Å². The summed E-state index contributed by atoms with van der Waals surface area (Å²) in [6.07, 6.45) is 3.08. The van der Waals surface area contributed by atoms with Gasteiger partial charge in [-0.25, -0.2) is 26.6 Å². The van der Waals surface area contributed by atoms with E-state index >= 15 is 0 Å². The van der Waals surface area contributed by atoms with Gasteiger partial charge >= 0.3 is 0 Å². The average Bonchev–Trinajstić information content (AvgIpc) is 3.26. The summed E-state index contributed by atoms with van der Waals surface area (Å²) in [5, 5.41) is -0.0219. The van der Waals surface area contributed by atoms with Crippen molar-refractivity contribution in [2.75, 3.05) is 26.2 Å². The van der Waals surface area contributed by atoms with Gasteiger partial charge in [0.2, 0.25) is 5.92 Å². The second kappa shape index (κ2) is 9.67. The van der Waals surface area contributed by atoms with Crippen LogP contribution in [-0.2, 0) is 17.1 Å². The van der Waals surface area contributed by atoms with E-state index in [0.717, 1.165) is 0 Å². The number of hydrogen-bond acceptors (Lipinski definition) is 5. The lowest BCUT2D eigenvalue weighted by molar-refractivity contribution is -0.0891. The second-order valence-corrected chi connectivity index (χ2v) is 11.6. The van der Waals surface area contributed by atoms with Gasteiger partial charge in [-0.3, -0.25) is 9.69 Å². The predicted octanol–water partition coefficient (Wildman–Crippen LogP) is 3.79. The highest BCUT2D eigenvalue weighted by Gasteiger charge is 2.47. The number of rotatable bonds is 7. The third-order valence-corrected chi connectivity index (χ3v) is 9.21. The molecule has 0 radical (unpaired) electrons. The van der Waals surface area contributed by atoms with Crippen molar-refractivity contribution >= 4 is 15.8 Å². The van der Waals surface area contributed by atoms with Gasteiger partial charge in [0.25, 0.3) is 10.0 Å². The molecule has 4 rings (SSSR count). The Morgan fingerprint density at radius 2 is 1.74 bits per heavy atom. The number of hydrogen-bond donors (Lipinski definition) is 0. The van der Waals surface area contributed by atoms with E-state index in [1.54, 1.807) is 30.7 Å².